The van der Waals surface area contributed by atoms with Crippen LogP contribution in [-0.4, -0.2) is 0 Å². The summed E-state index contributed by atoms with van der Waals surface area (Å²) >= 11 is 0. The van der Waals surface area contributed by atoms with Crippen molar-refractivity contribution in [1.29, 1.82) is 0 Å². The fourth-order valence-corrected chi connectivity index (χ4v) is 7.99. The molecule has 0 bridgehead atoms. The lowest BCUT2D eigenvalue weighted by Gasteiger charge is -2.34. The highest BCUT2D eigenvalue weighted by Gasteiger charge is 2.46. The van der Waals surface area contributed by atoms with Gasteiger partial charge in [0, 0.05) is 0 Å². The molecule has 238 valence electrons. The van der Waals surface area contributed by atoms with Crippen molar-refractivity contribution >= 4 is 21.5 Å². The zero-order valence-corrected chi connectivity index (χ0v) is 27.1. The first kappa shape index (κ1) is 19.0. The Bertz CT molecular complexity index is 3310. The molecule has 0 saturated heterocycles. The van der Waals surface area contributed by atoms with Crippen molar-refractivity contribution in [2.45, 2.75) is 5.41 Å². The highest BCUT2D eigenvalue weighted by molar-refractivity contribution is 6.21. The summed E-state index contributed by atoms with van der Waals surface area (Å²) in [6.07, 6.45) is 0. The van der Waals surface area contributed by atoms with E-state index >= 15 is 0 Å². The summed E-state index contributed by atoms with van der Waals surface area (Å²) in [7, 11) is 0. The lowest BCUT2D eigenvalue weighted by molar-refractivity contribution is 0.769. The molecule has 51 heavy (non-hydrogen) atoms. The molecule has 0 fully saturated rings. The highest BCUT2D eigenvalue weighted by atomic mass is 14.5. The third-order valence-electron chi connectivity index (χ3n) is 10.1. The molecule has 0 nitrogen and oxygen atoms in total. The number of fused-ring (bicyclic) bond motifs is 5. The monoisotopic (exact) mass is 659 g/mol. The van der Waals surface area contributed by atoms with Gasteiger partial charge in [0.1, 0.15) is 0 Å². The minimum atomic E-state index is -0.709. The molecule has 0 spiro atoms. The van der Waals surface area contributed by atoms with Crippen LogP contribution in [0.2, 0.25) is 0 Å². The molecule has 9 aromatic rings. The van der Waals surface area contributed by atoms with Crippen molar-refractivity contribution < 1.29 is 17.8 Å². The predicted octanol–water partition coefficient (Wildman–Crippen LogP) is 13.4. The van der Waals surface area contributed by atoms with Gasteiger partial charge in [0.05, 0.1) is 23.2 Å². The Morgan fingerprint density at radius 3 is 1.37 bits per heavy atom. The number of rotatable bonds is 5. The quantitative estimate of drug-likeness (QED) is 0.161. The Kier molecular flexibility index (Phi) is 4.42. The van der Waals surface area contributed by atoms with Crippen molar-refractivity contribution in [3.63, 3.8) is 0 Å². The van der Waals surface area contributed by atoms with Crippen molar-refractivity contribution in [3.8, 4) is 44.5 Å². The Morgan fingerprint density at radius 1 is 0.333 bits per heavy atom. The van der Waals surface area contributed by atoms with E-state index in [2.05, 4.69) is 60.7 Å². The van der Waals surface area contributed by atoms with Crippen molar-refractivity contribution in [1.82, 2.24) is 0 Å². The van der Waals surface area contributed by atoms with Gasteiger partial charge in [-0.1, -0.05) is 200 Å². The Morgan fingerprint density at radius 2 is 0.784 bits per heavy atom. The summed E-state index contributed by atoms with van der Waals surface area (Å²) in [6.45, 7) is 0. The van der Waals surface area contributed by atoms with Gasteiger partial charge in [0.2, 0.25) is 0 Å². The second-order valence-electron chi connectivity index (χ2n) is 12.6. The SMILES string of the molecule is [2H]c1c([2H])c([2H])c(-c2c3c([2H])c([2H])c([2H])c([2H])c3c(-c3ccc(-c4ccc5c(c4)C(c4ccccc4)(c4ccccc4)c4ccccc4-5)cc3)c3c([2H])c([2H])c([2H])c([2H])c23)c([2H])c1[2H]. The Hall–Kier alpha value is -6.50. The molecule has 0 radical (unpaired) electrons. The van der Waals surface area contributed by atoms with Gasteiger partial charge in [0.15, 0.2) is 0 Å². The van der Waals surface area contributed by atoms with E-state index in [0.29, 0.717) is 5.56 Å². The van der Waals surface area contributed by atoms with Crippen molar-refractivity contribution in [2.24, 2.45) is 0 Å². The van der Waals surface area contributed by atoms with E-state index < -0.39 is 89.5 Å². The van der Waals surface area contributed by atoms with Crippen LogP contribution in [0.3, 0.4) is 0 Å². The standard InChI is InChI=1S/C51H34/c1-4-16-36(17-5-1)49-43-23-10-12-25-45(43)50(46-26-13-11-24-44(46)49)37-30-28-35(29-31-37)38-32-33-42-41-22-14-15-27-47(41)51(48(42)34-38,39-18-6-2-7-19-39)40-20-8-3-9-21-40/h1-34H/i1D,4D,5D,10D,11D,12D,13D,16D,17D,23D,24D,25D,26D. The topological polar surface area (TPSA) is 0 Å². The molecule has 10 rings (SSSR count). The van der Waals surface area contributed by atoms with Gasteiger partial charge in [-0.2, -0.15) is 0 Å². The van der Waals surface area contributed by atoms with E-state index in [9.17, 15) is 5.48 Å². The molecule has 9 aromatic carbocycles. The van der Waals surface area contributed by atoms with Crippen LogP contribution < -0.4 is 0 Å². The van der Waals surface area contributed by atoms with Gasteiger partial charge in [0.25, 0.3) is 0 Å². The summed E-state index contributed by atoms with van der Waals surface area (Å²) in [5.41, 5.74) is 7.48. The summed E-state index contributed by atoms with van der Waals surface area (Å²) in [5.74, 6) is 0. The summed E-state index contributed by atoms with van der Waals surface area (Å²) in [4.78, 5) is 0. The number of benzene rings is 9. The first-order valence-corrected chi connectivity index (χ1v) is 16.7. The minimum absolute atomic E-state index is 0.0863. The third kappa shape index (κ3) is 4.47. The molecule has 0 unspecified atom stereocenters. The van der Waals surface area contributed by atoms with Crippen molar-refractivity contribution in [2.75, 3.05) is 0 Å². The summed E-state index contributed by atoms with van der Waals surface area (Å²) in [5, 5.41) is -0.720. The zero-order valence-electron chi connectivity index (χ0n) is 40.1. The third-order valence-corrected chi connectivity index (χ3v) is 10.1. The normalized spacial score (nSPS) is 16.4. The fourth-order valence-electron chi connectivity index (χ4n) is 7.99. The zero-order chi connectivity index (χ0) is 45.1. The fraction of sp³-hybridized carbons (Fsp3) is 0.0196. The van der Waals surface area contributed by atoms with Gasteiger partial charge < -0.3 is 0 Å². The molecule has 1 aliphatic rings. The van der Waals surface area contributed by atoms with E-state index in [-0.39, 0.29) is 32.7 Å². The van der Waals surface area contributed by atoms with Gasteiger partial charge in [-0.25, -0.2) is 0 Å². The smallest absolute Gasteiger partial charge is 0.0622 e. The van der Waals surface area contributed by atoms with Crippen LogP contribution in [0.15, 0.2) is 206 Å². The van der Waals surface area contributed by atoms with E-state index in [1.807, 2.05) is 54.6 Å². The molecule has 1 aliphatic carbocycles. The van der Waals surface area contributed by atoms with Crippen LogP contribution in [0.5, 0.6) is 0 Å². The minimum Gasteiger partial charge on any atom is -0.0622 e. The lowest BCUT2D eigenvalue weighted by atomic mass is 9.67. The van der Waals surface area contributed by atoms with Gasteiger partial charge in [-0.05, 0) is 94.4 Å². The van der Waals surface area contributed by atoms with Gasteiger partial charge >= 0.3 is 0 Å². The van der Waals surface area contributed by atoms with Crippen LogP contribution >= 0.6 is 0 Å². The second kappa shape index (κ2) is 11.8. The number of hydrogen-bond donors (Lipinski definition) is 0. The molecule has 0 saturated carbocycles. The average molecular weight is 660 g/mol. The van der Waals surface area contributed by atoms with E-state index in [0.717, 1.165) is 44.5 Å². The molecular formula is C51H34. The van der Waals surface area contributed by atoms with Gasteiger partial charge in [-0.3, -0.25) is 0 Å². The Balaban J connectivity index is 1.26. The van der Waals surface area contributed by atoms with Crippen LogP contribution in [-0.2, 0) is 5.41 Å². The van der Waals surface area contributed by atoms with E-state index in [4.69, 9.17) is 12.3 Å². The molecular weight excluding hydrogens is 613 g/mol. The second-order valence-corrected chi connectivity index (χ2v) is 12.6. The molecule has 0 atom stereocenters. The molecule has 0 heterocycles. The van der Waals surface area contributed by atoms with Crippen LogP contribution in [0.4, 0.5) is 0 Å². The lowest BCUT2D eigenvalue weighted by Crippen LogP contribution is -2.28. The first-order chi connectivity index (χ1) is 30.7. The van der Waals surface area contributed by atoms with Crippen LogP contribution in [0.1, 0.15) is 40.1 Å². The molecule has 0 heteroatoms. The van der Waals surface area contributed by atoms with E-state index in [1.54, 1.807) is 12.1 Å². The average Bonchev–Trinajstić information content (AvgIpc) is 3.63. The summed E-state index contributed by atoms with van der Waals surface area (Å²) in [6, 6.07) is 34.7. The Labute approximate surface area is 317 Å². The molecule has 0 aromatic heterocycles. The summed E-state index contributed by atoms with van der Waals surface area (Å²) < 4.78 is 115. The first-order valence-electron chi connectivity index (χ1n) is 23.2. The molecule has 0 aliphatic heterocycles. The maximum absolute atomic E-state index is 9.30. The largest absolute Gasteiger partial charge is 0.0713 e. The molecule has 0 amide bonds. The van der Waals surface area contributed by atoms with Crippen LogP contribution in [0, 0.1) is 0 Å². The van der Waals surface area contributed by atoms with Crippen molar-refractivity contribution in [3.05, 3.63) is 228 Å². The highest BCUT2D eigenvalue weighted by Crippen LogP contribution is 2.56. The van der Waals surface area contributed by atoms with Crippen LogP contribution in [0.25, 0.3) is 66.1 Å². The molecule has 0 N–H and O–H groups in total. The number of hydrogen-bond acceptors (Lipinski definition) is 0. The predicted molar refractivity (Wildman–Crippen MR) is 215 cm³/mol. The van der Waals surface area contributed by atoms with E-state index in [1.165, 1.54) is 0 Å². The van der Waals surface area contributed by atoms with Gasteiger partial charge in [-0.15, -0.1) is 0 Å². The maximum Gasteiger partial charge on any atom is 0.0713 e. The maximum atomic E-state index is 9.30.